The summed E-state index contributed by atoms with van der Waals surface area (Å²) in [7, 11) is 0. The van der Waals surface area contributed by atoms with Gasteiger partial charge in [0.05, 0.1) is 5.69 Å². The van der Waals surface area contributed by atoms with E-state index < -0.39 is 0 Å². The highest BCUT2D eigenvalue weighted by Crippen LogP contribution is 2.16. The van der Waals surface area contributed by atoms with Crippen LogP contribution in [0.2, 0.25) is 0 Å². The van der Waals surface area contributed by atoms with E-state index >= 15 is 0 Å². The minimum absolute atomic E-state index is 0.632. The van der Waals surface area contributed by atoms with Gasteiger partial charge in [0.1, 0.15) is 11.6 Å². The molecule has 0 aliphatic carbocycles. The first kappa shape index (κ1) is 14.7. The molecular formula is C15H23N5. The van der Waals surface area contributed by atoms with Crippen LogP contribution in [0.25, 0.3) is 5.69 Å². The largest absolute Gasteiger partial charge is 0.312 e. The molecule has 5 nitrogen and oxygen atoms in total. The quantitative estimate of drug-likeness (QED) is 0.908. The number of pyridine rings is 1. The van der Waals surface area contributed by atoms with Crippen molar-refractivity contribution in [3.05, 3.63) is 35.2 Å². The first-order chi connectivity index (χ1) is 9.47. The van der Waals surface area contributed by atoms with Gasteiger partial charge in [-0.15, -0.1) is 0 Å². The molecule has 0 bridgehead atoms. The molecule has 0 spiro atoms. The van der Waals surface area contributed by atoms with E-state index in [1.54, 1.807) is 0 Å². The van der Waals surface area contributed by atoms with Gasteiger partial charge in [0.25, 0.3) is 0 Å². The lowest BCUT2D eigenvalue weighted by Crippen LogP contribution is -2.20. The van der Waals surface area contributed by atoms with Crippen LogP contribution in [-0.2, 0) is 6.54 Å². The molecule has 2 heterocycles. The maximum absolute atomic E-state index is 4.48. The highest BCUT2D eigenvalue weighted by Gasteiger charge is 2.11. The van der Waals surface area contributed by atoms with Gasteiger partial charge in [-0.05, 0) is 39.3 Å². The van der Waals surface area contributed by atoms with Crippen LogP contribution in [0.15, 0.2) is 12.3 Å². The molecule has 2 aromatic rings. The predicted octanol–water partition coefficient (Wildman–Crippen LogP) is 2.33. The van der Waals surface area contributed by atoms with Gasteiger partial charge in [-0.1, -0.05) is 13.8 Å². The Morgan fingerprint density at radius 3 is 2.60 bits per heavy atom. The molecule has 2 aromatic heterocycles. The molecule has 1 N–H and O–H groups in total. The summed E-state index contributed by atoms with van der Waals surface area (Å²) >= 11 is 0. The number of aryl methyl sites for hydroxylation is 3. The third kappa shape index (κ3) is 3.42. The van der Waals surface area contributed by atoms with Gasteiger partial charge < -0.3 is 5.32 Å². The van der Waals surface area contributed by atoms with E-state index in [9.17, 15) is 0 Å². The lowest BCUT2D eigenvalue weighted by atomic mass is 10.2. The maximum Gasteiger partial charge on any atom is 0.148 e. The van der Waals surface area contributed by atoms with E-state index in [0.29, 0.717) is 5.92 Å². The number of nitrogens with one attached hydrogen (secondary N) is 1. The van der Waals surface area contributed by atoms with Gasteiger partial charge in [-0.25, -0.2) is 9.67 Å². The number of rotatable bonds is 5. The highest BCUT2D eigenvalue weighted by molar-refractivity contribution is 5.40. The SMILES string of the molecule is Cc1cc(-n2nc(C)nc2C)c(CNCC(C)C)cn1. The van der Waals surface area contributed by atoms with Crippen LogP contribution in [0.3, 0.4) is 0 Å². The van der Waals surface area contributed by atoms with E-state index in [-0.39, 0.29) is 0 Å². The van der Waals surface area contributed by atoms with Crippen molar-refractivity contribution in [3.8, 4) is 5.69 Å². The summed E-state index contributed by atoms with van der Waals surface area (Å²) in [6.45, 7) is 12.1. The summed E-state index contributed by atoms with van der Waals surface area (Å²) in [4.78, 5) is 8.78. The van der Waals surface area contributed by atoms with Gasteiger partial charge in [0, 0.05) is 24.0 Å². The Morgan fingerprint density at radius 1 is 1.25 bits per heavy atom. The molecule has 108 valence electrons. The summed E-state index contributed by atoms with van der Waals surface area (Å²) in [6.07, 6.45) is 1.93. The van der Waals surface area contributed by atoms with Crippen LogP contribution in [0.5, 0.6) is 0 Å². The lowest BCUT2D eigenvalue weighted by molar-refractivity contribution is 0.550. The van der Waals surface area contributed by atoms with Crippen molar-refractivity contribution in [2.75, 3.05) is 6.54 Å². The molecule has 0 saturated carbocycles. The highest BCUT2D eigenvalue weighted by atomic mass is 15.3. The zero-order valence-corrected chi connectivity index (χ0v) is 12.9. The Morgan fingerprint density at radius 2 is 2.00 bits per heavy atom. The minimum Gasteiger partial charge on any atom is -0.312 e. The van der Waals surface area contributed by atoms with Crippen LogP contribution in [0.1, 0.15) is 36.8 Å². The summed E-state index contributed by atoms with van der Waals surface area (Å²) in [6, 6.07) is 2.06. The van der Waals surface area contributed by atoms with E-state index in [1.807, 2.05) is 31.6 Å². The van der Waals surface area contributed by atoms with Crippen molar-refractivity contribution in [2.24, 2.45) is 5.92 Å². The van der Waals surface area contributed by atoms with Gasteiger partial charge >= 0.3 is 0 Å². The van der Waals surface area contributed by atoms with Crippen LogP contribution < -0.4 is 5.32 Å². The first-order valence-electron chi connectivity index (χ1n) is 7.04. The molecule has 2 rings (SSSR count). The standard InChI is InChI=1S/C15H23N5/c1-10(2)7-16-8-14-9-17-11(3)6-15(14)20-13(5)18-12(4)19-20/h6,9-10,16H,7-8H2,1-5H3. The second kappa shape index (κ2) is 6.13. The number of hydrogen-bond acceptors (Lipinski definition) is 4. The smallest absolute Gasteiger partial charge is 0.148 e. The van der Waals surface area contributed by atoms with Crippen molar-refractivity contribution in [2.45, 2.75) is 41.2 Å². The molecule has 0 saturated heterocycles. The third-order valence-electron chi connectivity index (χ3n) is 3.07. The van der Waals surface area contributed by atoms with Crippen molar-refractivity contribution in [3.63, 3.8) is 0 Å². The summed E-state index contributed by atoms with van der Waals surface area (Å²) < 4.78 is 1.90. The van der Waals surface area contributed by atoms with E-state index in [0.717, 1.165) is 41.7 Å². The number of aromatic nitrogens is 4. The predicted molar refractivity (Wildman–Crippen MR) is 79.9 cm³/mol. The zero-order chi connectivity index (χ0) is 14.7. The monoisotopic (exact) mass is 273 g/mol. The topological polar surface area (TPSA) is 55.6 Å². The van der Waals surface area contributed by atoms with Crippen molar-refractivity contribution >= 4 is 0 Å². The van der Waals surface area contributed by atoms with Crippen LogP contribution in [0, 0.1) is 26.7 Å². The fraction of sp³-hybridized carbons (Fsp3) is 0.533. The molecule has 0 fully saturated rings. The fourth-order valence-corrected chi connectivity index (χ4v) is 2.15. The Bertz CT molecular complexity index is 586. The van der Waals surface area contributed by atoms with Gasteiger partial charge in [0.2, 0.25) is 0 Å². The van der Waals surface area contributed by atoms with Crippen LogP contribution in [0.4, 0.5) is 0 Å². The van der Waals surface area contributed by atoms with E-state index in [4.69, 9.17) is 0 Å². The second-order valence-corrected chi connectivity index (χ2v) is 5.60. The molecule has 5 heteroatoms. The molecule has 0 aliphatic heterocycles. The number of nitrogens with zero attached hydrogens (tertiary/aromatic N) is 4. The summed E-state index contributed by atoms with van der Waals surface area (Å²) in [5, 5.41) is 7.93. The van der Waals surface area contributed by atoms with Gasteiger partial charge in [0.15, 0.2) is 0 Å². The Kier molecular flexibility index (Phi) is 4.49. The van der Waals surface area contributed by atoms with Gasteiger partial charge in [-0.3, -0.25) is 4.98 Å². The second-order valence-electron chi connectivity index (χ2n) is 5.60. The van der Waals surface area contributed by atoms with E-state index in [1.165, 1.54) is 0 Å². The molecule has 0 radical (unpaired) electrons. The van der Waals surface area contributed by atoms with Crippen molar-refractivity contribution in [1.82, 2.24) is 25.1 Å². The average Bonchev–Trinajstić information content (AvgIpc) is 2.70. The number of hydrogen-bond donors (Lipinski definition) is 1. The van der Waals surface area contributed by atoms with Crippen LogP contribution >= 0.6 is 0 Å². The molecule has 0 unspecified atom stereocenters. The van der Waals surface area contributed by atoms with Crippen molar-refractivity contribution < 1.29 is 0 Å². The van der Waals surface area contributed by atoms with Crippen molar-refractivity contribution in [1.29, 1.82) is 0 Å². The van der Waals surface area contributed by atoms with E-state index in [2.05, 4.69) is 40.3 Å². The molecule has 20 heavy (non-hydrogen) atoms. The van der Waals surface area contributed by atoms with Gasteiger partial charge in [-0.2, -0.15) is 5.10 Å². The first-order valence-corrected chi connectivity index (χ1v) is 7.04. The summed E-state index contributed by atoms with van der Waals surface area (Å²) in [5.74, 6) is 2.32. The normalized spacial score (nSPS) is 11.3. The Labute approximate surface area is 120 Å². The van der Waals surface area contributed by atoms with Crippen LogP contribution in [-0.4, -0.2) is 26.3 Å². The molecule has 0 aromatic carbocycles. The Balaban J connectivity index is 2.31. The molecule has 0 atom stereocenters. The Hall–Kier alpha value is -1.75. The third-order valence-corrected chi connectivity index (χ3v) is 3.07. The molecule has 0 aliphatic rings. The molecular weight excluding hydrogens is 250 g/mol. The minimum atomic E-state index is 0.632. The average molecular weight is 273 g/mol. The molecule has 0 amide bonds. The fourth-order valence-electron chi connectivity index (χ4n) is 2.15. The zero-order valence-electron chi connectivity index (χ0n) is 12.9. The summed E-state index contributed by atoms with van der Waals surface area (Å²) in [5.41, 5.74) is 3.19. The maximum atomic E-state index is 4.48. The lowest BCUT2D eigenvalue weighted by Gasteiger charge is -2.13.